The van der Waals surface area contributed by atoms with Gasteiger partial charge in [-0.05, 0) is 0 Å². The third kappa shape index (κ3) is 226. The molecule has 0 aliphatic heterocycles. The van der Waals surface area contributed by atoms with E-state index in [1.807, 2.05) is 0 Å². The van der Waals surface area contributed by atoms with Crippen LogP contribution in [0.25, 0.3) is 0 Å². The number of halogens is 1. The molecule has 0 saturated carbocycles. The highest BCUT2D eigenvalue weighted by Gasteiger charge is 1.27. The minimum absolute atomic E-state index is 0. The molecule has 0 aromatic heterocycles. The smallest absolute Gasteiger partial charge is 0.145 e. The average molecular weight is 82.1 g/mol. The lowest BCUT2D eigenvalue weighted by molar-refractivity contribution is 0.460. The van der Waals surface area contributed by atoms with Gasteiger partial charge >= 0.3 is 0 Å². The molecule has 0 N–H and O–H groups in total. The van der Waals surface area contributed by atoms with Gasteiger partial charge in [-0.1, -0.05) is 0 Å². The fourth-order valence-electron chi connectivity index (χ4n) is 0. The van der Waals surface area contributed by atoms with Crippen LogP contribution in [0.1, 0.15) is 0 Å². The molecule has 0 aliphatic rings. The maximum Gasteiger partial charge on any atom is 0.145 e. The van der Waals surface area contributed by atoms with Gasteiger partial charge in [0.1, 0.15) is 10.5 Å². The molecule has 0 aromatic rings. The Labute approximate surface area is 27.9 Å². The molecule has 0 bridgehead atoms. The Morgan fingerprint density at radius 1 is 1.75 bits per heavy atom. The van der Waals surface area contributed by atoms with E-state index in [9.17, 15) is 0 Å². The summed E-state index contributed by atoms with van der Waals surface area (Å²) < 4.78 is 4.39. The maximum absolute atomic E-state index is 4.39. The molecule has 0 fully saturated rings. The molecule has 0 heterocycles. The van der Waals surface area contributed by atoms with Crippen LogP contribution in [0.3, 0.4) is 0 Å². The Bertz CT molecular complexity index is 8.00. The van der Waals surface area contributed by atoms with Gasteiger partial charge in [-0.3, -0.25) is 4.70 Å². The van der Waals surface area contributed by atoms with Crippen LogP contribution in [0.5, 0.6) is 0 Å². The Morgan fingerprint density at radius 2 is 1.75 bits per heavy atom. The van der Waals surface area contributed by atoms with Crippen LogP contribution in [-0.2, 0) is 4.43 Å². The molecule has 0 saturated heterocycles. The fourth-order valence-corrected chi connectivity index (χ4v) is 0. The van der Waals surface area contributed by atoms with E-state index in [2.05, 4.69) is 4.43 Å². The molecular formula is CH7FOSi. The van der Waals surface area contributed by atoms with Gasteiger partial charge in [0.05, 0.1) is 0 Å². The second-order valence-electron chi connectivity index (χ2n) is 0.408. The van der Waals surface area contributed by atoms with Crippen molar-refractivity contribution in [3.05, 3.63) is 0 Å². The van der Waals surface area contributed by atoms with Crippen molar-refractivity contribution in [3.8, 4) is 0 Å². The zero-order chi connectivity index (χ0) is 2.71. The van der Waals surface area contributed by atoms with Crippen molar-refractivity contribution < 1.29 is 9.13 Å². The molecule has 4 heavy (non-hydrogen) atoms. The first-order valence-electron chi connectivity index (χ1n) is 0.816. The van der Waals surface area contributed by atoms with Gasteiger partial charge in [0.25, 0.3) is 0 Å². The van der Waals surface area contributed by atoms with Gasteiger partial charge in [0, 0.05) is 7.11 Å². The van der Waals surface area contributed by atoms with Crippen molar-refractivity contribution in [3.63, 3.8) is 0 Å². The molecule has 0 atom stereocenters. The molecule has 0 aromatic carbocycles. The van der Waals surface area contributed by atoms with E-state index in [-0.39, 0.29) is 4.70 Å². The molecule has 0 amide bonds. The summed E-state index contributed by atoms with van der Waals surface area (Å²) in [6, 6.07) is 0. The lowest BCUT2D eigenvalue weighted by atomic mass is 11.8. The van der Waals surface area contributed by atoms with Crippen LogP contribution in [0.4, 0.5) is 4.70 Å². The van der Waals surface area contributed by atoms with Gasteiger partial charge in [0.2, 0.25) is 0 Å². The van der Waals surface area contributed by atoms with Gasteiger partial charge in [-0.15, -0.1) is 0 Å². The summed E-state index contributed by atoms with van der Waals surface area (Å²) >= 11 is 0. The van der Waals surface area contributed by atoms with E-state index in [4.69, 9.17) is 0 Å². The summed E-state index contributed by atoms with van der Waals surface area (Å²) in [7, 11) is 2.56. The van der Waals surface area contributed by atoms with Crippen molar-refractivity contribution in [1.82, 2.24) is 0 Å². The maximum atomic E-state index is 4.39. The standard InChI is InChI=1S/CH6OSi.FH/c1-2-3;/h1,3H3;1H. The van der Waals surface area contributed by atoms with Crippen molar-refractivity contribution in [2.75, 3.05) is 7.11 Å². The second kappa shape index (κ2) is 11.3. The molecule has 0 radical (unpaired) electrons. The third-order valence-corrected chi connectivity index (χ3v) is 0. The summed E-state index contributed by atoms with van der Waals surface area (Å²) in [6.07, 6.45) is 0. The minimum Gasteiger partial charge on any atom is -0.431 e. The summed E-state index contributed by atoms with van der Waals surface area (Å²) in [5.41, 5.74) is 0. The number of rotatable bonds is 0. The SMILES string of the molecule is CO[SiH3].F. The van der Waals surface area contributed by atoms with Gasteiger partial charge in [-0.2, -0.15) is 0 Å². The first-order valence-corrected chi connectivity index (χ1v) is 1.63. The van der Waals surface area contributed by atoms with Crippen molar-refractivity contribution in [2.24, 2.45) is 0 Å². The topological polar surface area (TPSA) is 9.23 Å². The highest BCUT2D eigenvalue weighted by atomic mass is 28.2. The van der Waals surface area contributed by atoms with Crippen molar-refractivity contribution >= 4 is 10.5 Å². The molecular weight excluding hydrogens is 75.1 g/mol. The Balaban J connectivity index is 0. The normalized spacial score (nSPS) is 5.25. The van der Waals surface area contributed by atoms with Crippen molar-refractivity contribution in [1.29, 1.82) is 0 Å². The van der Waals surface area contributed by atoms with Crippen LogP contribution < -0.4 is 0 Å². The molecule has 0 unspecified atom stereocenters. The van der Waals surface area contributed by atoms with E-state index < -0.39 is 0 Å². The average Bonchev–Trinajstić information content (AvgIpc) is 0.918. The highest BCUT2D eigenvalue weighted by molar-refractivity contribution is 5.97. The zero-order valence-corrected chi connectivity index (χ0v) is 4.82. The molecule has 0 rings (SSSR count). The Kier molecular flexibility index (Phi) is 25.1. The predicted octanol–water partition coefficient (Wildman–Crippen LogP) is -0.934. The van der Waals surface area contributed by atoms with Crippen LogP contribution in [0, 0.1) is 0 Å². The summed E-state index contributed by atoms with van der Waals surface area (Å²) in [5, 5.41) is 0. The van der Waals surface area contributed by atoms with E-state index >= 15 is 0 Å². The van der Waals surface area contributed by atoms with Gasteiger partial charge in [0.15, 0.2) is 0 Å². The number of hydrogen-bond donors (Lipinski definition) is 0. The second-order valence-corrected chi connectivity index (χ2v) is 1.22. The minimum atomic E-state index is 0. The molecule has 3 heteroatoms. The lowest BCUT2D eigenvalue weighted by Crippen LogP contribution is -1.60. The third-order valence-electron chi connectivity index (χ3n) is 0. The molecule has 0 aliphatic carbocycles. The summed E-state index contributed by atoms with van der Waals surface area (Å²) in [5.74, 6) is 0. The van der Waals surface area contributed by atoms with Crippen LogP contribution in [-0.4, -0.2) is 17.6 Å². The lowest BCUT2D eigenvalue weighted by Gasteiger charge is -1.61. The first kappa shape index (κ1) is 8.93. The Morgan fingerprint density at radius 3 is 1.75 bits per heavy atom. The fraction of sp³-hybridized carbons (Fsp3) is 1.00. The van der Waals surface area contributed by atoms with E-state index in [1.54, 1.807) is 7.11 Å². The summed E-state index contributed by atoms with van der Waals surface area (Å²) in [6.45, 7) is 0. The van der Waals surface area contributed by atoms with E-state index in [1.165, 1.54) is 0 Å². The monoisotopic (exact) mass is 82.0 g/mol. The predicted molar refractivity (Wildman–Crippen MR) is 19.5 cm³/mol. The molecule has 28 valence electrons. The van der Waals surface area contributed by atoms with Crippen LogP contribution in [0.15, 0.2) is 0 Å². The van der Waals surface area contributed by atoms with E-state index in [0.717, 1.165) is 10.5 Å². The summed E-state index contributed by atoms with van der Waals surface area (Å²) in [4.78, 5) is 0. The largest absolute Gasteiger partial charge is 0.431 e. The Hall–Kier alpha value is 0.107. The zero-order valence-electron chi connectivity index (χ0n) is 2.82. The van der Waals surface area contributed by atoms with Crippen LogP contribution >= 0.6 is 0 Å². The molecule has 1 nitrogen and oxygen atoms in total. The van der Waals surface area contributed by atoms with Gasteiger partial charge < -0.3 is 4.43 Å². The van der Waals surface area contributed by atoms with E-state index in [0.29, 0.717) is 0 Å². The van der Waals surface area contributed by atoms with Crippen LogP contribution in [0.2, 0.25) is 0 Å². The molecule has 0 spiro atoms. The quantitative estimate of drug-likeness (QED) is 0.343. The van der Waals surface area contributed by atoms with Gasteiger partial charge in [-0.25, -0.2) is 0 Å². The van der Waals surface area contributed by atoms with Crippen molar-refractivity contribution in [2.45, 2.75) is 0 Å². The first-order chi connectivity index (χ1) is 1.41. The number of hydrogen-bond acceptors (Lipinski definition) is 1. The highest BCUT2D eigenvalue weighted by Crippen LogP contribution is 1.24.